The molecule has 1 N–H and O–H groups in total. The zero-order chi connectivity index (χ0) is 38.6. The average Bonchev–Trinajstić information content (AvgIpc) is 4.00. The van der Waals surface area contributed by atoms with Crippen molar-refractivity contribution in [3.05, 3.63) is 168 Å². The zero-order valence-corrected chi connectivity index (χ0v) is 32.8. The summed E-state index contributed by atoms with van der Waals surface area (Å²) in [5.41, 5.74) is 21.5. The Morgan fingerprint density at radius 3 is 1.15 bits per heavy atom. The molecule has 3 nitrogen and oxygen atoms in total. The van der Waals surface area contributed by atoms with Gasteiger partial charge in [-0.05, 0) is 120 Å². The Hall–Kier alpha value is -6.84. The molecule has 3 aromatic heterocycles. The third-order valence-electron chi connectivity index (χ3n) is 13.6. The van der Waals surface area contributed by atoms with Gasteiger partial charge in [0.25, 0.3) is 0 Å². The lowest BCUT2D eigenvalue weighted by Crippen LogP contribution is -2.04. The highest BCUT2D eigenvalue weighted by molar-refractivity contribution is 6.16. The molecule has 11 aromatic rings. The maximum Gasteiger partial charge on any atom is 0.143 e. The number of hydrogen-bond acceptors (Lipinski definition) is 2. The first-order valence-corrected chi connectivity index (χ1v) is 21.4. The number of fused-ring (bicyclic) bond motifs is 11. The number of aryl methyl sites for hydroxylation is 2. The Morgan fingerprint density at radius 1 is 0.322 bits per heavy atom. The van der Waals surface area contributed by atoms with E-state index in [1.165, 1.54) is 91.7 Å². The predicted octanol–water partition coefficient (Wildman–Crippen LogP) is 15.5. The number of aromatic amines is 1. The first-order valence-electron chi connectivity index (χ1n) is 21.4. The van der Waals surface area contributed by atoms with Crippen molar-refractivity contribution in [3.8, 4) is 44.5 Å². The minimum Gasteiger partial charge on any atom is -0.455 e. The van der Waals surface area contributed by atoms with Gasteiger partial charge in [-0.3, -0.25) is 0 Å². The van der Waals surface area contributed by atoms with E-state index in [1.54, 1.807) is 0 Å². The number of furan rings is 2. The molecule has 0 fully saturated rings. The van der Waals surface area contributed by atoms with Crippen LogP contribution >= 0.6 is 0 Å². The Kier molecular flexibility index (Phi) is 7.21. The van der Waals surface area contributed by atoms with Crippen LogP contribution in [0.15, 0.2) is 154 Å². The zero-order valence-electron chi connectivity index (χ0n) is 32.8. The van der Waals surface area contributed by atoms with E-state index in [9.17, 15) is 0 Å². The fourth-order valence-corrected chi connectivity index (χ4v) is 10.8. The monoisotopic (exact) mass is 759 g/mol. The van der Waals surface area contributed by atoms with Crippen molar-refractivity contribution in [3.63, 3.8) is 0 Å². The molecule has 0 aliphatic heterocycles. The molecule has 0 atom stereocenters. The van der Waals surface area contributed by atoms with Crippen LogP contribution in [0.1, 0.15) is 47.9 Å². The van der Waals surface area contributed by atoms with E-state index < -0.39 is 0 Å². The molecule has 0 saturated heterocycles. The van der Waals surface area contributed by atoms with Crippen LogP contribution in [0, 0.1) is 0 Å². The average molecular weight is 760 g/mol. The summed E-state index contributed by atoms with van der Waals surface area (Å²) in [6.45, 7) is 0. The standard InChI is InChI=1S/C56H41NO2/c1-3-15-37-33(11-1)13-5-19-41(37)43-21-9-25-47-45-23-7-17-39(53(45)58-55(43)47)35-27-29-51-49(31-35)50-32-36(28-30-52(50)57-51)40-18-8-24-46-48-26-10-22-44(56(48)59-54(40)46)42-20-6-14-34-12-2-4-16-38(34)42/h5-10,13-14,17-32,57H,1-4,11-12,15-16H2. The summed E-state index contributed by atoms with van der Waals surface area (Å²) in [5, 5.41) is 7.02. The van der Waals surface area contributed by atoms with Crippen molar-refractivity contribution >= 4 is 65.7 Å². The predicted molar refractivity (Wildman–Crippen MR) is 245 cm³/mol. The van der Waals surface area contributed by atoms with E-state index in [-0.39, 0.29) is 0 Å². The summed E-state index contributed by atoms with van der Waals surface area (Å²) >= 11 is 0. The van der Waals surface area contributed by atoms with Crippen molar-refractivity contribution in [1.82, 2.24) is 4.98 Å². The fourth-order valence-electron chi connectivity index (χ4n) is 10.8. The van der Waals surface area contributed by atoms with Gasteiger partial charge in [-0.1, -0.05) is 121 Å². The lowest BCUT2D eigenvalue weighted by atomic mass is 9.85. The van der Waals surface area contributed by atoms with Gasteiger partial charge in [0.1, 0.15) is 22.3 Å². The molecule has 2 aliphatic rings. The van der Waals surface area contributed by atoms with Gasteiger partial charge in [0.05, 0.1) is 0 Å². The smallest absolute Gasteiger partial charge is 0.143 e. The summed E-state index contributed by atoms with van der Waals surface area (Å²) in [6.07, 6.45) is 9.61. The number of para-hydroxylation sites is 4. The van der Waals surface area contributed by atoms with Gasteiger partial charge in [-0.2, -0.15) is 0 Å². The summed E-state index contributed by atoms with van der Waals surface area (Å²) in [4.78, 5) is 3.71. The van der Waals surface area contributed by atoms with Crippen molar-refractivity contribution in [2.24, 2.45) is 0 Å². The van der Waals surface area contributed by atoms with Crippen LogP contribution < -0.4 is 0 Å². The second-order valence-electron chi connectivity index (χ2n) is 16.9. The first-order chi connectivity index (χ1) is 29.2. The molecule has 0 amide bonds. The molecule has 3 heteroatoms. The number of rotatable bonds is 4. The van der Waals surface area contributed by atoms with Gasteiger partial charge in [0, 0.05) is 65.6 Å². The van der Waals surface area contributed by atoms with E-state index in [0.717, 1.165) is 92.1 Å². The Balaban J connectivity index is 0.944. The van der Waals surface area contributed by atoms with Gasteiger partial charge in [0.15, 0.2) is 0 Å². The van der Waals surface area contributed by atoms with E-state index in [0.29, 0.717) is 0 Å². The molecule has 0 spiro atoms. The van der Waals surface area contributed by atoms with E-state index in [1.807, 2.05) is 0 Å². The fraction of sp³-hybridized carbons (Fsp3) is 0.143. The molecule has 0 unspecified atom stereocenters. The summed E-state index contributed by atoms with van der Waals surface area (Å²) in [5.74, 6) is 0. The van der Waals surface area contributed by atoms with Gasteiger partial charge in [-0.15, -0.1) is 0 Å². The van der Waals surface area contributed by atoms with Crippen LogP contribution in [0.25, 0.3) is 110 Å². The number of H-pyrrole nitrogens is 1. The lowest BCUT2D eigenvalue weighted by molar-refractivity contribution is 0.669. The van der Waals surface area contributed by atoms with Gasteiger partial charge < -0.3 is 13.8 Å². The number of benzene rings is 8. The van der Waals surface area contributed by atoms with Crippen LogP contribution in [-0.2, 0) is 25.7 Å². The Morgan fingerprint density at radius 2 is 0.695 bits per heavy atom. The molecule has 3 heterocycles. The molecule has 0 bridgehead atoms. The van der Waals surface area contributed by atoms with Crippen LogP contribution in [0.3, 0.4) is 0 Å². The molecular formula is C56H41NO2. The molecule has 2 aliphatic carbocycles. The Bertz CT molecular complexity index is 3290. The minimum absolute atomic E-state index is 0.937. The largest absolute Gasteiger partial charge is 0.455 e. The van der Waals surface area contributed by atoms with E-state index in [2.05, 4.69) is 151 Å². The minimum atomic E-state index is 0.937. The second-order valence-corrected chi connectivity index (χ2v) is 16.9. The van der Waals surface area contributed by atoms with Crippen molar-refractivity contribution in [1.29, 1.82) is 0 Å². The van der Waals surface area contributed by atoms with Crippen LogP contribution in [0.2, 0.25) is 0 Å². The quantitative estimate of drug-likeness (QED) is 0.194. The topological polar surface area (TPSA) is 42.1 Å². The number of hydrogen-bond donors (Lipinski definition) is 1. The SMILES string of the molecule is c1cc2c(c(-c3cccc4c3oc3c(-c5ccc6[nH]c7ccc(-c8cccc9c8oc8c(-c%10cccc%11c%10CCCC%11)cccc89)cc7c6c5)cccc34)c1)CCCC2. The maximum atomic E-state index is 6.98. The van der Waals surface area contributed by atoms with Crippen LogP contribution in [0.4, 0.5) is 0 Å². The summed E-state index contributed by atoms with van der Waals surface area (Å²) < 4.78 is 14.0. The normalized spacial score (nSPS) is 14.2. The number of nitrogens with one attached hydrogen (secondary N) is 1. The lowest BCUT2D eigenvalue weighted by Gasteiger charge is -2.19. The highest BCUT2D eigenvalue weighted by Gasteiger charge is 2.22. The number of aromatic nitrogens is 1. The van der Waals surface area contributed by atoms with Gasteiger partial charge in [-0.25, -0.2) is 0 Å². The van der Waals surface area contributed by atoms with Gasteiger partial charge >= 0.3 is 0 Å². The van der Waals surface area contributed by atoms with Crippen molar-refractivity contribution in [2.45, 2.75) is 51.4 Å². The molecular weight excluding hydrogens is 719 g/mol. The first kappa shape index (κ1) is 33.2. The van der Waals surface area contributed by atoms with Gasteiger partial charge in [0.2, 0.25) is 0 Å². The molecule has 0 saturated carbocycles. The highest BCUT2D eigenvalue weighted by atomic mass is 16.3. The summed E-state index contributed by atoms with van der Waals surface area (Å²) in [6, 6.07) is 53.7. The van der Waals surface area contributed by atoms with Crippen molar-refractivity contribution in [2.75, 3.05) is 0 Å². The Labute approximate surface area is 341 Å². The molecule has 59 heavy (non-hydrogen) atoms. The third-order valence-corrected chi connectivity index (χ3v) is 13.6. The second kappa shape index (κ2) is 12.8. The third kappa shape index (κ3) is 5.01. The molecule has 0 radical (unpaired) electrons. The van der Waals surface area contributed by atoms with Crippen molar-refractivity contribution < 1.29 is 8.83 Å². The van der Waals surface area contributed by atoms with Crippen LogP contribution in [-0.4, -0.2) is 4.98 Å². The summed E-state index contributed by atoms with van der Waals surface area (Å²) in [7, 11) is 0. The van der Waals surface area contributed by atoms with E-state index >= 15 is 0 Å². The maximum absolute atomic E-state index is 6.98. The highest BCUT2D eigenvalue weighted by Crippen LogP contribution is 2.45. The molecule has 13 rings (SSSR count). The van der Waals surface area contributed by atoms with E-state index in [4.69, 9.17) is 8.83 Å². The van der Waals surface area contributed by atoms with Crippen LogP contribution in [0.5, 0.6) is 0 Å². The molecule has 8 aromatic carbocycles. The molecule has 282 valence electrons.